The molecule has 3 rings (SSSR count). The molecule has 0 unspecified atom stereocenters. The van der Waals surface area contributed by atoms with Crippen molar-refractivity contribution in [3.8, 4) is 17.0 Å². The zero-order valence-electron chi connectivity index (χ0n) is 19.6. The molecule has 0 saturated carbocycles. The average Bonchev–Trinajstić information content (AvgIpc) is 3.27. The summed E-state index contributed by atoms with van der Waals surface area (Å²) in [5.74, 6) is 0.277. The second kappa shape index (κ2) is 12.1. The average molecular weight is 462 g/mol. The van der Waals surface area contributed by atoms with Gasteiger partial charge in [-0.05, 0) is 64.5 Å². The van der Waals surface area contributed by atoms with Crippen LogP contribution >= 0.6 is 0 Å². The number of hydrogen-bond donors (Lipinski definition) is 3. The molecular formula is C23H35N5O5. The number of ether oxygens (including phenoxy) is 2. The summed E-state index contributed by atoms with van der Waals surface area (Å²) in [7, 11) is 3.90. The first kappa shape index (κ1) is 25.1. The highest BCUT2D eigenvalue weighted by molar-refractivity contribution is 5.74. The van der Waals surface area contributed by atoms with E-state index in [1.807, 2.05) is 61.1 Å². The second-order valence-corrected chi connectivity index (χ2v) is 8.78. The molecular weight excluding hydrogens is 426 g/mol. The third-order valence-electron chi connectivity index (χ3n) is 5.88. The highest BCUT2D eigenvalue weighted by atomic mass is 16.7. The molecule has 2 heterocycles. The maximum absolute atomic E-state index is 11.0. The lowest BCUT2D eigenvalue weighted by Gasteiger charge is -2.40. The Bertz CT molecular complexity index is 872. The van der Waals surface area contributed by atoms with E-state index in [1.54, 1.807) is 5.48 Å². The van der Waals surface area contributed by atoms with Crippen LogP contribution in [0.25, 0.3) is 11.3 Å². The van der Waals surface area contributed by atoms with Crippen molar-refractivity contribution in [1.82, 2.24) is 25.4 Å². The van der Waals surface area contributed by atoms with Gasteiger partial charge in [-0.15, -0.1) is 5.10 Å². The van der Waals surface area contributed by atoms with Gasteiger partial charge in [-0.3, -0.25) is 14.7 Å². The summed E-state index contributed by atoms with van der Waals surface area (Å²) >= 11 is 0. The fourth-order valence-electron chi connectivity index (χ4n) is 3.99. The summed E-state index contributed by atoms with van der Waals surface area (Å²) in [6.45, 7) is 2.74. The van der Waals surface area contributed by atoms with E-state index in [9.17, 15) is 9.90 Å². The SMILES string of the molecule is C[C@H]1C[C@@H](N(C)C)[C@H](O)[C@@H](Oc2ccc(-c3cn(CCCCCCC(=O)NO)nn3)cc2)O1. The minimum absolute atomic E-state index is 0.000141. The summed E-state index contributed by atoms with van der Waals surface area (Å²) in [6, 6.07) is 7.50. The standard InChI is InChI=1S/C23H35N5O5/c1-16-14-20(27(2)3)22(30)23(32-16)33-18-11-9-17(10-12-18)19-15-28(26-24-19)13-7-5-4-6-8-21(29)25-31/h9-12,15-16,20,22-23,30-31H,4-8,13-14H2,1-3H3,(H,25,29)/t16-,20+,22-,23+/m0/s1. The van der Waals surface area contributed by atoms with E-state index < -0.39 is 12.4 Å². The van der Waals surface area contributed by atoms with Crippen LogP contribution in [0, 0.1) is 0 Å². The third kappa shape index (κ3) is 7.23. The number of amides is 1. The summed E-state index contributed by atoms with van der Waals surface area (Å²) in [4.78, 5) is 13.0. The van der Waals surface area contributed by atoms with Crippen LogP contribution in [0.1, 0.15) is 45.4 Å². The number of carbonyl (C=O) groups excluding carboxylic acids is 1. The fourth-order valence-corrected chi connectivity index (χ4v) is 3.99. The largest absolute Gasteiger partial charge is 0.462 e. The molecule has 2 aromatic rings. The number of likely N-dealkylation sites (N-methyl/N-ethyl adjacent to an activating group) is 1. The maximum Gasteiger partial charge on any atom is 0.243 e. The molecule has 3 N–H and O–H groups in total. The minimum atomic E-state index is -0.734. The van der Waals surface area contributed by atoms with Gasteiger partial charge in [0.1, 0.15) is 17.5 Å². The van der Waals surface area contributed by atoms with Gasteiger partial charge in [0.15, 0.2) is 0 Å². The molecule has 1 aromatic heterocycles. The first-order valence-electron chi connectivity index (χ1n) is 11.5. The topological polar surface area (TPSA) is 122 Å². The molecule has 10 heteroatoms. The smallest absolute Gasteiger partial charge is 0.243 e. The van der Waals surface area contributed by atoms with Crippen LogP contribution in [0.2, 0.25) is 0 Å². The van der Waals surface area contributed by atoms with E-state index in [-0.39, 0.29) is 18.1 Å². The van der Waals surface area contributed by atoms with Crippen molar-refractivity contribution < 1.29 is 24.6 Å². The fraction of sp³-hybridized carbons (Fsp3) is 0.609. The molecule has 1 aliphatic heterocycles. The van der Waals surface area contributed by atoms with Crippen LogP contribution in [0.4, 0.5) is 0 Å². The molecule has 1 saturated heterocycles. The number of nitrogens with zero attached hydrogens (tertiary/aromatic N) is 4. The van der Waals surface area contributed by atoms with Crippen LogP contribution in [0.5, 0.6) is 5.75 Å². The number of hydroxylamine groups is 1. The molecule has 10 nitrogen and oxygen atoms in total. The lowest BCUT2D eigenvalue weighted by atomic mass is 9.99. The number of benzene rings is 1. The van der Waals surface area contributed by atoms with Crippen LogP contribution in [0.3, 0.4) is 0 Å². The first-order valence-corrected chi connectivity index (χ1v) is 11.5. The van der Waals surface area contributed by atoms with E-state index in [1.165, 1.54) is 0 Å². The monoisotopic (exact) mass is 461 g/mol. The summed E-state index contributed by atoms with van der Waals surface area (Å²) in [5, 5.41) is 27.5. The van der Waals surface area contributed by atoms with Crippen molar-refractivity contribution in [2.75, 3.05) is 14.1 Å². The number of aromatic nitrogens is 3. The Hall–Kier alpha value is -2.53. The quantitative estimate of drug-likeness (QED) is 0.265. The van der Waals surface area contributed by atoms with E-state index in [0.29, 0.717) is 12.2 Å². The molecule has 1 aromatic carbocycles. The molecule has 4 atom stereocenters. The number of carbonyl (C=O) groups is 1. The van der Waals surface area contributed by atoms with E-state index in [0.717, 1.165) is 49.9 Å². The van der Waals surface area contributed by atoms with Gasteiger partial charge in [0, 0.05) is 24.6 Å². The number of aliphatic hydroxyl groups is 1. The number of hydrogen-bond acceptors (Lipinski definition) is 8. The van der Waals surface area contributed by atoms with Crippen LogP contribution in [-0.4, -0.2) is 74.7 Å². The third-order valence-corrected chi connectivity index (χ3v) is 5.88. The van der Waals surface area contributed by atoms with Gasteiger partial charge in [-0.2, -0.15) is 0 Å². The van der Waals surface area contributed by atoms with E-state index in [4.69, 9.17) is 14.7 Å². The first-order chi connectivity index (χ1) is 15.9. The molecule has 0 bridgehead atoms. The Morgan fingerprint density at radius 1 is 1.24 bits per heavy atom. The van der Waals surface area contributed by atoms with Gasteiger partial charge in [-0.1, -0.05) is 18.1 Å². The Morgan fingerprint density at radius 3 is 2.67 bits per heavy atom. The zero-order valence-corrected chi connectivity index (χ0v) is 19.6. The summed E-state index contributed by atoms with van der Waals surface area (Å²) in [6.07, 6.45) is 5.13. The van der Waals surface area contributed by atoms with Crippen LogP contribution in [-0.2, 0) is 16.1 Å². The molecule has 0 radical (unpaired) electrons. The lowest BCUT2D eigenvalue weighted by Crippen LogP contribution is -2.55. The number of aliphatic hydroxyl groups excluding tert-OH is 1. The molecule has 182 valence electrons. The minimum Gasteiger partial charge on any atom is -0.462 e. The Balaban J connectivity index is 1.48. The highest BCUT2D eigenvalue weighted by Gasteiger charge is 2.38. The molecule has 33 heavy (non-hydrogen) atoms. The Morgan fingerprint density at radius 2 is 1.97 bits per heavy atom. The van der Waals surface area contributed by atoms with Gasteiger partial charge >= 0.3 is 0 Å². The Labute approximate surface area is 194 Å². The van der Waals surface area contributed by atoms with Gasteiger partial charge < -0.3 is 19.5 Å². The van der Waals surface area contributed by atoms with Crippen molar-refractivity contribution in [2.24, 2.45) is 0 Å². The molecule has 0 aliphatic carbocycles. The maximum atomic E-state index is 11.0. The van der Waals surface area contributed by atoms with Gasteiger partial charge in [-0.25, -0.2) is 5.48 Å². The predicted octanol–water partition coefficient (Wildman–Crippen LogP) is 2.21. The van der Waals surface area contributed by atoms with Crippen LogP contribution < -0.4 is 10.2 Å². The van der Waals surface area contributed by atoms with Gasteiger partial charge in [0.25, 0.3) is 0 Å². The highest BCUT2D eigenvalue weighted by Crippen LogP contribution is 2.27. The second-order valence-electron chi connectivity index (χ2n) is 8.78. The van der Waals surface area contributed by atoms with E-state index >= 15 is 0 Å². The Kier molecular flexibility index (Phi) is 9.19. The normalized spacial score (nSPS) is 23.0. The number of aryl methyl sites for hydroxylation is 1. The van der Waals surface area contributed by atoms with Crippen molar-refractivity contribution in [3.05, 3.63) is 30.5 Å². The lowest BCUT2D eigenvalue weighted by molar-refractivity contribution is -0.217. The molecule has 0 spiro atoms. The molecule has 1 aliphatic rings. The predicted molar refractivity (Wildman–Crippen MR) is 122 cm³/mol. The summed E-state index contributed by atoms with van der Waals surface area (Å²) in [5.41, 5.74) is 3.34. The van der Waals surface area contributed by atoms with Crippen molar-refractivity contribution in [2.45, 2.75) is 76.5 Å². The summed E-state index contributed by atoms with van der Waals surface area (Å²) < 4.78 is 13.6. The zero-order chi connectivity index (χ0) is 23.8. The number of rotatable bonds is 11. The molecule has 1 amide bonds. The number of unbranched alkanes of at least 4 members (excludes halogenated alkanes) is 3. The van der Waals surface area contributed by atoms with Crippen LogP contribution in [0.15, 0.2) is 30.5 Å². The number of nitrogens with one attached hydrogen (secondary N) is 1. The van der Waals surface area contributed by atoms with Gasteiger partial charge in [0.2, 0.25) is 12.2 Å². The van der Waals surface area contributed by atoms with Gasteiger partial charge in [0.05, 0.1) is 12.3 Å². The van der Waals surface area contributed by atoms with E-state index in [2.05, 4.69) is 10.3 Å². The van der Waals surface area contributed by atoms with Crippen molar-refractivity contribution in [1.29, 1.82) is 0 Å². The molecule has 1 fully saturated rings. The van der Waals surface area contributed by atoms with Crippen molar-refractivity contribution >= 4 is 5.91 Å². The van der Waals surface area contributed by atoms with Crippen molar-refractivity contribution in [3.63, 3.8) is 0 Å².